The number of carbonyl (C=O) groups is 1. The number of Topliss-reactive ketones (excluding diaryl/α,β-unsaturated/α-hetero) is 1. The molecule has 0 saturated carbocycles. The number of fused-ring (bicyclic) bond motifs is 1. The lowest BCUT2D eigenvalue weighted by molar-refractivity contribution is -0.384. The molecule has 0 amide bonds. The summed E-state index contributed by atoms with van der Waals surface area (Å²) in [6, 6.07) is 13.5. The highest BCUT2D eigenvalue weighted by Gasteiger charge is 2.42. The Balaban J connectivity index is 2.00. The summed E-state index contributed by atoms with van der Waals surface area (Å²) in [6.07, 6.45) is 2.76. The van der Waals surface area contributed by atoms with Gasteiger partial charge in [0, 0.05) is 36.4 Å². The molecule has 0 radical (unpaired) electrons. The number of nitro benzene ring substituents is 1. The number of carbonyl (C=O) groups excluding carboxylic acids is 1. The number of hydrogen-bond donors (Lipinski definition) is 2. The van der Waals surface area contributed by atoms with Crippen LogP contribution in [0.5, 0.6) is 0 Å². The van der Waals surface area contributed by atoms with E-state index in [9.17, 15) is 14.9 Å². The van der Waals surface area contributed by atoms with Crippen molar-refractivity contribution in [2.24, 2.45) is 5.41 Å². The fourth-order valence-electron chi connectivity index (χ4n) is 4.58. The number of hydrogen-bond acceptors (Lipinski definition) is 5. The molecule has 2 aliphatic rings. The molecule has 1 atom stereocenters. The highest BCUT2D eigenvalue weighted by Crippen LogP contribution is 2.48. The first-order valence-electron chi connectivity index (χ1n) is 10.8. The molecule has 0 saturated heterocycles. The van der Waals surface area contributed by atoms with Gasteiger partial charge in [-0.15, -0.1) is 6.58 Å². The number of nitrogens with one attached hydrogen (secondary N) is 2. The lowest BCUT2D eigenvalue weighted by atomic mass is 9.73. The Hall–Kier alpha value is -3.52. The van der Waals surface area contributed by atoms with Crippen molar-refractivity contribution >= 4 is 40.2 Å². The number of anilines is 2. The minimum absolute atomic E-state index is 0.00887. The Morgan fingerprint density at radius 2 is 2.06 bits per heavy atom. The molecule has 7 nitrogen and oxygen atoms in total. The van der Waals surface area contributed by atoms with Crippen LogP contribution in [0.3, 0.4) is 0 Å². The number of benzene rings is 2. The first-order chi connectivity index (χ1) is 15.7. The average Bonchev–Trinajstić information content (AvgIpc) is 2.91. The summed E-state index contributed by atoms with van der Waals surface area (Å²) in [5.41, 5.74) is 3.42. The Kier molecular flexibility index (Phi) is 6.03. The van der Waals surface area contributed by atoms with E-state index in [2.05, 4.69) is 31.1 Å². The highest BCUT2D eigenvalue weighted by molar-refractivity contribution is 7.80. The number of nitrogens with zero attached hydrogens (tertiary/aromatic N) is 2. The molecule has 33 heavy (non-hydrogen) atoms. The Morgan fingerprint density at radius 1 is 1.30 bits per heavy atom. The summed E-state index contributed by atoms with van der Waals surface area (Å²) in [7, 11) is 0. The monoisotopic (exact) mass is 462 g/mol. The maximum absolute atomic E-state index is 13.6. The number of thiocarbonyl (C=S) groups is 1. The van der Waals surface area contributed by atoms with Gasteiger partial charge in [-0.1, -0.05) is 44.2 Å². The molecule has 4 rings (SSSR count). The van der Waals surface area contributed by atoms with Gasteiger partial charge in [0.25, 0.3) is 5.69 Å². The summed E-state index contributed by atoms with van der Waals surface area (Å²) in [5.74, 6) is 0.00887. The van der Waals surface area contributed by atoms with Gasteiger partial charge in [0.05, 0.1) is 22.3 Å². The number of allylic oxidation sites excluding steroid dienone is 1. The number of non-ortho nitro benzene ring substituents is 1. The SMILES string of the molecule is C=CCNC(=S)N1c2ccccc2NC2=C(C(=O)CC(C)(C)C2)[C@@H]1c1cccc([N+](=O)[O-])c1. The Morgan fingerprint density at radius 3 is 2.79 bits per heavy atom. The van der Waals surface area contributed by atoms with Gasteiger partial charge >= 0.3 is 0 Å². The first kappa shape index (κ1) is 22.7. The molecule has 2 N–H and O–H groups in total. The molecule has 2 aromatic rings. The maximum atomic E-state index is 13.6. The zero-order valence-corrected chi connectivity index (χ0v) is 19.4. The summed E-state index contributed by atoms with van der Waals surface area (Å²) < 4.78 is 0. The van der Waals surface area contributed by atoms with E-state index in [0.29, 0.717) is 35.6 Å². The lowest BCUT2D eigenvalue weighted by Crippen LogP contribution is -2.44. The number of rotatable bonds is 4. The van der Waals surface area contributed by atoms with E-state index < -0.39 is 11.0 Å². The van der Waals surface area contributed by atoms with E-state index >= 15 is 0 Å². The lowest BCUT2D eigenvalue weighted by Gasteiger charge is -2.38. The topological polar surface area (TPSA) is 87.5 Å². The molecule has 0 aromatic heterocycles. The second-order valence-corrected chi connectivity index (χ2v) is 9.46. The van der Waals surface area contributed by atoms with E-state index in [1.165, 1.54) is 12.1 Å². The summed E-state index contributed by atoms with van der Waals surface area (Å²) in [4.78, 5) is 26.6. The van der Waals surface area contributed by atoms with Crippen LogP contribution in [0.25, 0.3) is 0 Å². The maximum Gasteiger partial charge on any atom is 0.269 e. The van der Waals surface area contributed by atoms with Crippen molar-refractivity contribution in [3.8, 4) is 0 Å². The van der Waals surface area contributed by atoms with E-state index in [4.69, 9.17) is 12.2 Å². The van der Waals surface area contributed by atoms with Crippen molar-refractivity contribution in [3.63, 3.8) is 0 Å². The molecular weight excluding hydrogens is 436 g/mol. The molecule has 1 aliphatic carbocycles. The normalized spacial score (nSPS) is 19.0. The smallest absolute Gasteiger partial charge is 0.269 e. The second kappa shape index (κ2) is 8.78. The number of para-hydroxylation sites is 2. The third kappa shape index (κ3) is 4.39. The van der Waals surface area contributed by atoms with Crippen LogP contribution >= 0.6 is 12.2 Å². The zero-order chi connectivity index (χ0) is 23.8. The van der Waals surface area contributed by atoms with E-state index in [1.807, 2.05) is 35.2 Å². The van der Waals surface area contributed by atoms with Crippen molar-refractivity contribution in [3.05, 3.63) is 88.1 Å². The molecule has 0 spiro atoms. The molecule has 8 heteroatoms. The van der Waals surface area contributed by atoms with Crippen molar-refractivity contribution in [1.82, 2.24) is 5.32 Å². The van der Waals surface area contributed by atoms with Crippen LogP contribution in [-0.4, -0.2) is 22.4 Å². The molecule has 170 valence electrons. The minimum Gasteiger partial charge on any atom is -0.359 e. The van der Waals surface area contributed by atoms with Crippen LogP contribution in [0, 0.1) is 15.5 Å². The fraction of sp³-hybridized carbons (Fsp3) is 0.280. The summed E-state index contributed by atoms with van der Waals surface area (Å²) in [6.45, 7) is 8.34. The van der Waals surface area contributed by atoms with Crippen LogP contribution in [0.4, 0.5) is 17.1 Å². The van der Waals surface area contributed by atoms with Crippen molar-refractivity contribution in [2.45, 2.75) is 32.7 Å². The van der Waals surface area contributed by atoms with E-state index in [1.54, 1.807) is 12.1 Å². The third-order valence-electron chi connectivity index (χ3n) is 5.91. The summed E-state index contributed by atoms with van der Waals surface area (Å²) >= 11 is 5.79. The van der Waals surface area contributed by atoms with Gasteiger partial charge in [-0.2, -0.15) is 0 Å². The van der Waals surface area contributed by atoms with Gasteiger partial charge in [-0.3, -0.25) is 14.9 Å². The van der Waals surface area contributed by atoms with E-state index in [0.717, 1.165) is 17.1 Å². The molecule has 0 unspecified atom stereocenters. The molecule has 0 fully saturated rings. The van der Waals surface area contributed by atoms with Crippen LogP contribution < -0.4 is 15.5 Å². The zero-order valence-electron chi connectivity index (χ0n) is 18.6. The van der Waals surface area contributed by atoms with Crippen molar-refractivity contribution in [2.75, 3.05) is 16.8 Å². The molecule has 1 heterocycles. The molecule has 2 aromatic carbocycles. The average molecular weight is 463 g/mol. The van der Waals surface area contributed by atoms with Crippen LogP contribution in [0.1, 0.15) is 38.3 Å². The number of ketones is 1. The Labute approximate surface area is 198 Å². The molecule has 0 bridgehead atoms. The van der Waals surface area contributed by atoms with Crippen LogP contribution in [0.2, 0.25) is 0 Å². The predicted molar refractivity (Wildman–Crippen MR) is 134 cm³/mol. The fourth-order valence-corrected chi connectivity index (χ4v) is 4.87. The number of nitro groups is 1. The largest absolute Gasteiger partial charge is 0.359 e. The summed E-state index contributed by atoms with van der Waals surface area (Å²) in [5, 5.41) is 18.6. The second-order valence-electron chi connectivity index (χ2n) is 9.07. The van der Waals surface area contributed by atoms with Gasteiger partial charge in [0.2, 0.25) is 0 Å². The molecule has 1 aliphatic heterocycles. The highest BCUT2D eigenvalue weighted by atomic mass is 32.1. The van der Waals surface area contributed by atoms with Gasteiger partial charge in [0.1, 0.15) is 0 Å². The van der Waals surface area contributed by atoms with Crippen LogP contribution in [-0.2, 0) is 4.79 Å². The van der Waals surface area contributed by atoms with Gasteiger partial charge in [0.15, 0.2) is 10.9 Å². The standard InChI is InChI=1S/C25H26N4O3S/c1-4-12-26-24(33)28-20-11-6-5-10-18(20)27-19-14-25(2,3)15-21(30)22(19)23(28)16-8-7-9-17(13-16)29(31)32/h4-11,13,23,27H,1,12,14-15H2,2-3H3,(H,26,33)/t23-/m0/s1. The van der Waals surface area contributed by atoms with Crippen molar-refractivity contribution < 1.29 is 9.72 Å². The minimum atomic E-state index is -0.621. The van der Waals surface area contributed by atoms with Crippen LogP contribution in [0.15, 0.2) is 72.5 Å². The quantitative estimate of drug-likeness (QED) is 0.277. The van der Waals surface area contributed by atoms with Gasteiger partial charge in [-0.05, 0) is 41.7 Å². The van der Waals surface area contributed by atoms with E-state index in [-0.39, 0.29) is 16.9 Å². The molecular formula is C25H26N4O3S. The van der Waals surface area contributed by atoms with Gasteiger partial charge < -0.3 is 15.5 Å². The predicted octanol–water partition coefficient (Wildman–Crippen LogP) is 5.27. The van der Waals surface area contributed by atoms with Crippen molar-refractivity contribution in [1.29, 1.82) is 0 Å². The van der Waals surface area contributed by atoms with Gasteiger partial charge in [-0.25, -0.2) is 0 Å². The Bertz CT molecular complexity index is 1190. The first-order valence-corrected chi connectivity index (χ1v) is 11.2. The third-order valence-corrected chi connectivity index (χ3v) is 6.25.